The summed E-state index contributed by atoms with van der Waals surface area (Å²) in [5.74, 6) is -1.70. The molecule has 1 aromatic carbocycles. The molecule has 0 spiro atoms. The van der Waals surface area contributed by atoms with Crippen LogP contribution in [-0.2, 0) is 0 Å². The van der Waals surface area contributed by atoms with Gasteiger partial charge in [-0.3, -0.25) is 0 Å². The molecule has 2 nitrogen and oxygen atoms in total. The lowest BCUT2D eigenvalue weighted by atomic mass is 10.3. The first kappa shape index (κ1) is 11.5. The van der Waals surface area contributed by atoms with E-state index in [2.05, 4.69) is 4.74 Å². The largest absolute Gasteiger partial charge is 0.461 e. The van der Waals surface area contributed by atoms with Crippen LogP contribution in [0.2, 0.25) is 0 Å². The fourth-order valence-electron chi connectivity index (χ4n) is 0.845. The summed E-state index contributed by atoms with van der Waals surface area (Å²) < 4.78 is 64.4. The Hall–Kier alpha value is -1.53. The van der Waals surface area contributed by atoms with E-state index in [0.717, 1.165) is 12.1 Å². The summed E-state index contributed by atoms with van der Waals surface area (Å²) in [5.41, 5.74) is 4.90. The molecule has 0 saturated carbocycles. The smallest absolute Gasteiger partial charge is 0.428 e. The lowest BCUT2D eigenvalue weighted by Crippen LogP contribution is -2.33. The molecule has 15 heavy (non-hydrogen) atoms. The second kappa shape index (κ2) is 3.92. The van der Waals surface area contributed by atoms with E-state index in [9.17, 15) is 22.0 Å². The Morgan fingerprint density at radius 3 is 2.27 bits per heavy atom. The van der Waals surface area contributed by atoms with Crippen LogP contribution in [0.3, 0.4) is 0 Å². The van der Waals surface area contributed by atoms with Crippen LogP contribution in [0.25, 0.3) is 0 Å². The molecular formula is C8H6F5NO. The maximum absolute atomic E-state index is 12.6. The van der Waals surface area contributed by atoms with Crippen LogP contribution >= 0.6 is 0 Å². The topological polar surface area (TPSA) is 35.2 Å². The number of rotatable bonds is 3. The minimum atomic E-state index is -4.67. The van der Waals surface area contributed by atoms with Crippen molar-refractivity contribution in [2.45, 2.75) is 12.5 Å². The second-order valence-corrected chi connectivity index (χ2v) is 2.68. The van der Waals surface area contributed by atoms with E-state index in [-0.39, 0.29) is 5.69 Å². The fourth-order valence-corrected chi connectivity index (χ4v) is 0.845. The standard InChI is InChI=1S/C8H6F5NO/c9-4-1-5(14)3-6(2-4)15-8(12,13)7(10)11/h1-3,7H,14H2. The number of hydrogen-bond donors (Lipinski definition) is 1. The summed E-state index contributed by atoms with van der Waals surface area (Å²) >= 11 is 0. The molecule has 0 amide bonds. The first-order valence-electron chi connectivity index (χ1n) is 3.72. The predicted octanol–water partition coefficient (Wildman–Crippen LogP) is 2.64. The van der Waals surface area contributed by atoms with E-state index in [1.165, 1.54) is 0 Å². The number of nitrogens with two attached hydrogens (primary N) is 1. The van der Waals surface area contributed by atoms with Gasteiger partial charge in [-0.25, -0.2) is 4.39 Å². The zero-order valence-corrected chi connectivity index (χ0v) is 7.18. The number of hydrogen-bond acceptors (Lipinski definition) is 2. The van der Waals surface area contributed by atoms with Crippen LogP contribution in [0.5, 0.6) is 5.75 Å². The number of alkyl halides is 4. The molecule has 2 N–H and O–H groups in total. The van der Waals surface area contributed by atoms with E-state index in [1.54, 1.807) is 0 Å². The van der Waals surface area contributed by atoms with Gasteiger partial charge in [-0.05, 0) is 6.07 Å². The molecule has 0 aliphatic carbocycles. The zero-order valence-electron chi connectivity index (χ0n) is 7.18. The van der Waals surface area contributed by atoms with Gasteiger partial charge in [-0.15, -0.1) is 0 Å². The van der Waals surface area contributed by atoms with E-state index in [4.69, 9.17) is 5.73 Å². The van der Waals surface area contributed by atoms with Crippen molar-refractivity contribution >= 4 is 5.69 Å². The van der Waals surface area contributed by atoms with Gasteiger partial charge in [0.15, 0.2) is 0 Å². The Morgan fingerprint density at radius 1 is 1.20 bits per heavy atom. The van der Waals surface area contributed by atoms with Crippen molar-refractivity contribution in [2.75, 3.05) is 5.73 Å². The molecule has 0 saturated heterocycles. The van der Waals surface area contributed by atoms with Gasteiger partial charge in [0, 0.05) is 17.8 Å². The van der Waals surface area contributed by atoms with Crippen LogP contribution in [0, 0.1) is 5.82 Å². The Kier molecular flexibility index (Phi) is 3.01. The Bertz CT molecular complexity index is 335. The lowest BCUT2D eigenvalue weighted by Gasteiger charge is -2.16. The third-order valence-corrected chi connectivity index (χ3v) is 1.40. The third-order valence-electron chi connectivity index (χ3n) is 1.40. The number of anilines is 1. The summed E-state index contributed by atoms with van der Waals surface area (Å²) in [5, 5.41) is 0. The maximum Gasteiger partial charge on any atom is 0.461 e. The maximum atomic E-state index is 12.6. The van der Waals surface area contributed by atoms with E-state index < -0.39 is 24.1 Å². The number of ether oxygens (including phenoxy) is 1. The summed E-state index contributed by atoms with van der Waals surface area (Å²) in [6.07, 6.45) is -8.66. The molecule has 0 fully saturated rings. The van der Waals surface area contributed by atoms with E-state index in [0.29, 0.717) is 6.07 Å². The lowest BCUT2D eigenvalue weighted by molar-refractivity contribution is -0.253. The molecule has 1 aromatic rings. The molecule has 84 valence electrons. The van der Waals surface area contributed by atoms with Gasteiger partial charge in [0.1, 0.15) is 11.6 Å². The number of halogens is 5. The van der Waals surface area contributed by atoms with Gasteiger partial charge < -0.3 is 10.5 Å². The van der Waals surface area contributed by atoms with Gasteiger partial charge in [-0.1, -0.05) is 0 Å². The molecule has 0 radical (unpaired) electrons. The molecule has 0 aliphatic rings. The normalized spacial score (nSPS) is 11.9. The van der Waals surface area contributed by atoms with Crippen LogP contribution in [-0.4, -0.2) is 12.5 Å². The average Bonchev–Trinajstić information content (AvgIpc) is 1.99. The highest BCUT2D eigenvalue weighted by Gasteiger charge is 2.44. The van der Waals surface area contributed by atoms with Gasteiger partial charge in [0.05, 0.1) is 0 Å². The fraction of sp³-hybridized carbons (Fsp3) is 0.250. The van der Waals surface area contributed by atoms with Gasteiger partial charge in [0.2, 0.25) is 0 Å². The quantitative estimate of drug-likeness (QED) is 0.636. The molecule has 0 aliphatic heterocycles. The number of nitrogen functional groups attached to an aromatic ring is 1. The minimum absolute atomic E-state index is 0.199. The molecule has 0 atom stereocenters. The summed E-state index contributed by atoms with van der Waals surface area (Å²) in [7, 11) is 0. The van der Waals surface area contributed by atoms with Crippen molar-refractivity contribution in [3.8, 4) is 5.75 Å². The van der Waals surface area contributed by atoms with Crippen molar-refractivity contribution in [2.24, 2.45) is 0 Å². The minimum Gasteiger partial charge on any atom is -0.428 e. The van der Waals surface area contributed by atoms with Gasteiger partial charge >= 0.3 is 12.5 Å². The van der Waals surface area contributed by atoms with Crippen molar-refractivity contribution in [3.05, 3.63) is 24.0 Å². The molecule has 1 rings (SSSR count). The van der Waals surface area contributed by atoms with Crippen LogP contribution in [0.1, 0.15) is 0 Å². The van der Waals surface area contributed by atoms with E-state index in [1.807, 2.05) is 0 Å². The van der Waals surface area contributed by atoms with Crippen molar-refractivity contribution in [3.63, 3.8) is 0 Å². The highest BCUT2D eigenvalue weighted by Crippen LogP contribution is 2.28. The monoisotopic (exact) mass is 227 g/mol. The predicted molar refractivity (Wildman–Crippen MR) is 42.4 cm³/mol. The van der Waals surface area contributed by atoms with E-state index >= 15 is 0 Å². The summed E-state index contributed by atoms with van der Waals surface area (Å²) in [6, 6.07) is 2.19. The zero-order chi connectivity index (χ0) is 11.6. The molecule has 0 unspecified atom stereocenters. The number of benzene rings is 1. The molecular weight excluding hydrogens is 221 g/mol. The summed E-state index contributed by atoms with van der Waals surface area (Å²) in [4.78, 5) is 0. The Labute approximate surface area is 81.4 Å². The van der Waals surface area contributed by atoms with Gasteiger partial charge in [-0.2, -0.15) is 17.6 Å². The molecule has 0 heterocycles. The second-order valence-electron chi connectivity index (χ2n) is 2.68. The van der Waals surface area contributed by atoms with Crippen molar-refractivity contribution in [1.82, 2.24) is 0 Å². The van der Waals surface area contributed by atoms with Crippen LogP contribution in [0.15, 0.2) is 18.2 Å². The van der Waals surface area contributed by atoms with Crippen molar-refractivity contribution in [1.29, 1.82) is 0 Å². The highest BCUT2D eigenvalue weighted by atomic mass is 19.3. The molecule has 0 aromatic heterocycles. The Morgan fingerprint density at radius 2 is 1.80 bits per heavy atom. The van der Waals surface area contributed by atoms with Gasteiger partial charge in [0.25, 0.3) is 0 Å². The highest BCUT2D eigenvalue weighted by molar-refractivity contribution is 5.44. The first-order valence-corrected chi connectivity index (χ1v) is 3.72. The van der Waals surface area contributed by atoms with Crippen LogP contribution < -0.4 is 10.5 Å². The average molecular weight is 227 g/mol. The first-order chi connectivity index (χ1) is 6.81. The SMILES string of the molecule is Nc1cc(F)cc(OC(F)(F)C(F)F)c1. The van der Waals surface area contributed by atoms with Crippen LogP contribution in [0.4, 0.5) is 27.6 Å². The molecule has 0 bridgehead atoms. The molecule has 7 heteroatoms. The van der Waals surface area contributed by atoms with Crippen molar-refractivity contribution < 1.29 is 26.7 Å². The summed E-state index contributed by atoms with van der Waals surface area (Å²) in [6.45, 7) is 0. The Balaban J connectivity index is 2.89. The third kappa shape index (κ3) is 2.97.